The minimum atomic E-state index is -0.412. The predicted octanol–water partition coefficient (Wildman–Crippen LogP) is 4.37. The molecule has 0 saturated heterocycles. The molecule has 29 heavy (non-hydrogen) atoms. The second-order valence-corrected chi connectivity index (χ2v) is 6.67. The molecule has 0 bridgehead atoms. The minimum Gasteiger partial charge on any atom is -0.374 e. The van der Waals surface area contributed by atoms with Crippen LogP contribution in [0, 0.1) is 0 Å². The van der Waals surface area contributed by atoms with Crippen molar-refractivity contribution >= 4 is 17.4 Å². The van der Waals surface area contributed by atoms with E-state index in [2.05, 4.69) is 20.6 Å². The van der Waals surface area contributed by atoms with E-state index in [0.29, 0.717) is 5.82 Å². The summed E-state index contributed by atoms with van der Waals surface area (Å²) in [6.45, 7) is 1.82. The SMILES string of the molecule is CC(Nc1ccc(-n2ccnc2)cc1)C(=O)Nc1ccc(-c2ccccc2)cn1. The molecule has 1 atom stereocenters. The van der Waals surface area contributed by atoms with E-state index in [9.17, 15) is 4.79 Å². The highest BCUT2D eigenvalue weighted by Gasteiger charge is 2.13. The summed E-state index contributed by atoms with van der Waals surface area (Å²) in [6, 6.07) is 21.2. The molecule has 1 unspecified atom stereocenters. The Morgan fingerprint density at radius 1 is 0.966 bits per heavy atom. The highest BCUT2D eigenvalue weighted by molar-refractivity contribution is 5.95. The Bertz CT molecular complexity index is 1060. The Kier molecular flexibility index (Phi) is 5.33. The summed E-state index contributed by atoms with van der Waals surface area (Å²) in [5, 5.41) is 6.06. The summed E-state index contributed by atoms with van der Waals surface area (Å²) < 4.78 is 1.92. The summed E-state index contributed by atoms with van der Waals surface area (Å²) in [5.41, 5.74) is 3.97. The summed E-state index contributed by atoms with van der Waals surface area (Å²) in [6.07, 6.45) is 7.13. The summed E-state index contributed by atoms with van der Waals surface area (Å²) >= 11 is 0. The first kappa shape index (κ1) is 18.4. The van der Waals surface area contributed by atoms with Gasteiger partial charge in [0.25, 0.3) is 0 Å². The zero-order chi connectivity index (χ0) is 20.1. The second-order valence-electron chi connectivity index (χ2n) is 6.67. The van der Waals surface area contributed by atoms with Gasteiger partial charge in [0.15, 0.2) is 0 Å². The molecule has 0 radical (unpaired) electrons. The van der Waals surface area contributed by atoms with Gasteiger partial charge in [0, 0.05) is 35.5 Å². The maximum atomic E-state index is 12.5. The molecule has 6 nitrogen and oxygen atoms in total. The number of hydrogen-bond acceptors (Lipinski definition) is 4. The average Bonchev–Trinajstić information content (AvgIpc) is 3.30. The zero-order valence-corrected chi connectivity index (χ0v) is 16.0. The Hall–Kier alpha value is -3.93. The first-order valence-electron chi connectivity index (χ1n) is 9.36. The van der Waals surface area contributed by atoms with Gasteiger partial charge in [0.05, 0.1) is 6.33 Å². The Balaban J connectivity index is 1.36. The fraction of sp³-hybridized carbons (Fsp3) is 0.0870. The Morgan fingerprint density at radius 3 is 2.41 bits per heavy atom. The van der Waals surface area contributed by atoms with Gasteiger partial charge in [-0.2, -0.15) is 0 Å². The van der Waals surface area contributed by atoms with Crippen molar-refractivity contribution in [1.82, 2.24) is 14.5 Å². The van der Waals surface area contributed by atoms with Crippen LogP contribution >= 0.6 is 0 Å². The number of carbonyl (C=O) groups is 1. The van der Waals surface area contributed by atoms with Crippen LogP contribution in [0.15, 0.2) is 91.6 Å². The molecular weight excluding hydrogens is 362 g/mol. The minimum absolute atomic E-state index is 0.149. The quantitative estimate of drug-likeness (QED) is 0.518. The van der Waals surface area contributed by atoms with E-state index < -0.39 is 6.04 Å². The summed E-state index contributed by atoms with van der Waals surface area (Å²) in [4.78, 5) is 20.9. The number of pyridine rings is 1. The lowest BCUT2D eigenvalue weighted by atomic mass is 10.1. The highest BCUT2D eigenvalue weighted by atomic mass is 16.2. The molecule has 2 N–H and O–H groups in total. The monoisotopic (exact) mass is 383 g/mol. The molecule has 4 rings (SSSR count). The molecule has 0 aliphatic carbocycles. The van der Waals surface area contributed by atoms with Gasteiger partial charge in [-0.15, -0.1) is 0 Å². The van der Waals surface area contributed by atoms with Crippen LogP contribution in [0.2, 0.25) is 0 Å². The van der Waals surface area contributed by atoms with Crippen molar-refractivity contribution < 1.29 is 4.79 Å². The highest BCUT2D eigenvalue weighted by Crippen LogP contribution is 2.19. The number of anilines is 2. The van der Waals surface area contributed by atoms with E-state index >= 15 is 0 Å². The van der Waals surface area contributed by atoms with Crippen molar-refractivity contribution in [3.63, 3.8) is 0 Å². The van der Waals surface area contributed by atoms with Gasteiger partial charge in [-0.05, 0) is 48.9 Å². The van der Waals surface area contributed by atoms with Crippen molar-refractivity contribution in [2.24, 2.45) is 0 Å². The first-order valence-corrected chi connectivity index (χ1v) is 9.36. The molecule has 2 heterocycles. The number of benzene rings is 2. The van der Waals surface area contributed by atoms with Crippen molar-refractivity contribution in [3.05, 3.63) is 91.6 Å². The topological polar surface area (TPSA) is 71.8 Å². The number of nitrogens with zero attached hydrogens (tertiary/aromatic N) is 3. The molecule has 0 saturated carbocycles. The third kappa shape index (κ3) is 4.50. The largest absolute Gasteiger partial charge is 0.374 e. The van der Waals surface area contributed by atoms with Gasteiger partial charge in [-0.25, -0.2) is 9.97 Å². The van der Waals surface area contributed by atoms with E-state index in [-0.39, 0.29) is 5.91 Å². The number of amides is 1. The van der Waals surface area contributed by atoms with Crippen LogP contribution in [0.5, 0.6) is 0 Å². The lowest BCUT2D eigenvalue weighted by molar-refractivity contribution is -0.116. The van der Waals surface area contributed by atoms with Crippen molar-refractivity contribution in [1.29, 1.82) is 0 Å². The Labute approximate surface area is 169 Å². The standard InChI is InChI=1S/C23H21N5O/c1-17(26-20-8-10-21(11-9-20)28-14-13-24-16-28)23(29)27-22-12-7-19(15-25-22)18-5-3-2-4-6-18/h2-17,26H,1H3,(H,25,27,29). The number of aromatic nitrogens is 3. The molecule has 1 amide bonds. The van der Waals surface area contributed by atoms with Gasteiger partial charge >= 0.3 is 0 Å². The molecule has 0 spiro atoms. The van der Waals surface area contributed by atoms with Gasteiger partial charge in [0.2, 0.25) is 5.91 Å². The molecular formula is C23H21N5O. The molecule has 144 valence electrons. The average molecular weight is 383 g/mol. The van der Waals surface area contributed by atoms with Crippen molar-refractivity contribution in [3.8, 4) is 16.8 Å². The van der Waals surface area contributed by atoms with Crippen LogP contribution in [0.3, 0.4) is 0 Å². The first-order chi connectivity index (χ1) is 14.2. The molecule has 2 aromatic heterocycles. The molecule has 0 aliphatic heterocycles. The lowest BCUT2D eigenvalue weighted by Gasteiger charge is -2.15. The zero-order valence-electron chi connectivity index (χ0n) is 16.0. The number of imidazole rings is 1. The van der Waals surface area contributed by atoms with Gasteiger partial charge in [0.1, 0.15) is 11.9 Å². The fourth-order valence-corrected chi connectivity index (χ4v) is 2.96. The lowest BCUT2D eigenvalue weighted by Crippen LogP contribution is -2.32. The number of nitrogens with one attached hydrogen (secondary N) is 2. The molecule has 4 aromatic rings. The summed E-state index contributed by atoms with van der Waals surface area (Å²) in [7, 11) is 0. The maximum Gasteiger partial charge on any atom is 0.247 e. The van der Waals surface area contributed by atoms with Gasteiger partial charge < -0.3 is 15.2 Å². The van der Waals surface area contributed by atoms with Crippen molar-refractivity contribution in [2.45, 2.75) is 13.0 Å². The van der Waals surface area contributed by atoms with E-state index in [1.807, 2.05) is 84.4 Å². The van der Waals surface area contributed by atoms with Gasteiger partial charge in [-0.3, -0.25) is 4.79 Å². The van der Waals surface area contributed by atoms with Crippen LogP contribution in [0.1, 0.15) is 6.92 Å². The third-order valence-electron chi connectivity index (χ3n) is 4.57. The second kappa shape index (κ2) is 8.39. The smallest absolute Gasteiger partial charge is 0.247 e. The fourth-order valence-electron chi connectivity index (χ4n) is 2.96. The number of hydrogen-bond donors (Lipinski definition) is 2. The normalized spacial score (nSPS) is 11.6. The van der Waals surface area contributed by atoms with E-state index in [1.54, 1.807) is 18.7 Å². The van der Waals surface area contributed by atoms with Crippen molar-refractivity contribution in [2.75, 3.05) is 10.6 Å². The van der Waals surface area contributed by atoms with E-state index in [4.69, 9.17) is 0 Å². The Morgan fingerprint density at radius 2 is 1.76 bits per heavy atom. The van der Waals surface area contributed by atoms with Crippen LogP contribution in [-0.2, 0) is 4.79 Å². The van der Waals surface area contributed by atoms with Gasteiger partial charge in [-0.1, -0.05) is 30.3 Å². The van der Waals surface area contributed by atoms with Crippen LogP contribution < -0.4 is 10.6 Å². The third-order valence-corrected chi connectivity index (χ3v) is 4.57. The predicted molar refractivity (Wildman–Crippen MR) is 115 cm³/mol. The van der Waals surface area contributed by atoms with Crippen LogP contribution in [0.25, 0.3) is 16.8 Å². The van der Waals surface area contributed by atoms with E-state index in [1.165, 1.54) is 0 Å². The molecule has 0 fully saturated rings. The number of rotatable bonds is 6. The number of carbonyl (C=O) groups excluding carboxylic acids is 1. The van der Waals surface area contributed by atoms with Crippen LogP contribution in [0.4, 0.5) is 11.5 Å². The molecule has 0 aliphatic rings. The van der Waals surface area contributed by atoms with Crippen LogP contribution in [-0.4, -0.2) is 26.5 Å². The maximum absolute atomic E-state index is 12.5. The van der Waals surface area contributed by atoms with E-state index in [0.717, 1.165) is 22.5 Å². The summed E-state index contributed by atoms with van der Waals surface area (Å²) in [5.74, 6) is 0.377. The molecule has 6 heteroatoms. The molecule has 2 aromatic carbocycles.